The summed E-state index contributed by atoms with van der Waals surface area (Å²) in [4.78, 5) is 13.9. The first kappa shape index (κ1) is 14.7. The van der Waals surface area contributed by atoms with E-state index in [4.69, 9.17) is 18.0 Å². The van der Waals surface area contributed by atoms with Gasteiger partial charge in [-0.05, 0) is 31.5 Å². The van der Waals surface area contributed by atoms with Gasteiger partial charge in [-0.15, -0.1) is 0 Å². The van der Waals surface area contributed by atoms with Crippen molar-refractivity contribution in [1.82, 2.24) is 5.32 Å². The van der Waals surface area contributed by atoms with Crippen LogP contribution < -0.4 is 16.0 Å². The third kappa shape index (κ3) is 2.60. The van der Waals surface area contributed by atoms with E-state index >= 15 is 0 Å². The van der Waals surface area contributed by atoms with Crippen molar-refractivity contribution in [3.05, 3.63) is 29.6 Å². The van der Waals surface area contributed by atoms with Crippen LogP contribution in [0.4, 0.5) is 10.1 Å². The molecule has 20 heavy (non-hydrogen) atoms. The van der Waals surface area contributed by atoms with Crippen LogP contribution >= 0.6 is 12.2 Å². The number of benzene rings is 1. The Balaban J connectivity index is 2.22. The molecule has 1 aromatic rings. The van der Waals surface area contributed by atoms with Crippen LogP contribution in [0.3, 0.4) is 0 Å². The normalized spacial score (nSPS) is 21.9. The van der Waals surface area contributed by atoms with Crippen molar-refractivity contribution in [2.75, 3.05) is 25.0 Å². The monoisotopic (exact) mass is 295 g/mol. The van der Waals surface area contributed by atoms with Crippen molar-refractivity contribution >= 4 is 28.8 Å². The summed E-state index contributed by atoms with van der Waals surface area (Å²) in [7, 11) is 1.62. The van der Waals surface area contributed by atoms with E-state index < -0.39 is 5.41 Å². The first-order valence-electron chi connectivity index (χ1n) is 6.44. The number of nitrogens with two attached hydrogens (primary N) is 1. The Morgan fingerprint density at radius 1 is 1.55 bits per heavy atom. The zero-order chi connectivity index (χ0) is 14.9. The Morgan fingerprint density at radius 3 is 2.80 bits per heavy atom. The summed E-state index contributed by atoms with van der Waals surface area (Å²) in [5.41, 5.74) is 5.99. The number of amides is 1. The minimum Gasteiger partial charge on any atom is -0.389 e. The summed E-state index contributed by atoms with van der Waals surface area (Å²) in [5, 5.41) is 2.67. The maximum atomic E-state index is 14.1. The molecule has 1 heterocycles. The molecule has 0 aliphatic carbocycles. The number of nitrogens with one attached hydrogen (secondary N) is 1. The van der Waals surface area contributed by atoms with Crippen LogP contribution in [0.25, 0.3) is 0 Å². The lowest BCUT2D eigenvalue weighted by Crippen LogP contribution is -2.39. The lowest BCUT2D eigenvalue weighted by molar-refractivity contribution is -0.128. The van der Waals surface area contributed by atoms with Crippen molar-refractivity contribution in [1.29, 1.82) is 0 Å². The van der Waals surface area contributed by atoms with Gasteiger partial charge in [0.2, 0.25) is 5.91 Å². The Morgan fingerprint density at radius 2 is 2.25 bits per heavy atom. The summed E-state index contributed by atoms with van der Waals surface area (Å²) < 4.78 is 14.1. The van der Waals surface area contributed by atoms with Crippen molar-refractivity contribution in [2.24, 2.45) is 11.1 Å². The van der Waals surface area contributed by atoms with Gasteiger partial charge in [0.15, 0.2) is 0 Å². The Kier molecular flexibility index (Phi) is 3.94. The van der Waals surface area contributed by atoms with Crippen LogP contribution in [0.5, 0.6) is 0 Å². The molecule has 108 valence electrons. The second kappa shape index (κ2) is 5.36. The molecule has 0 spiro atoms. The third-order valence-corrected chi connectivity index (χ3v) is 4.06. The quantitative estimate of drug-likeness (QED) is 0.828. The molecule has 6 heteroatoms. The van der Waals surface area contributed by atoms with E-state index in [0.29, 0.717) is 30.8 Å². The molecule has 0 bridgehead atoms. The second-order valence-corrected chi connectivity index (χ2v) is 5.78. The minimum atomic E-state index is -0.483. The standard InChI is InChI=1S/C14H18FN3OS/c1-14(13(19)17-2)5-6-18(8-14)11-4-3-9(12(16)20)7-10(11)15/h3-4,7H,5-6,8H2,1-2H3,(H2,16,20)(H,17,19). The molecule has 1 saturated heterocycles. The molecule has 1 amide bonds. The molecule has 1 fully saturated rings. The summed E-state index contributed by atoms with van der Waals surface area (Å²) >= 11 is 4.83. The smallest absolute Gasteiger partial charge is 0.227 e. The summed E-state index contributed by atoms with van der Waals surface area (Å²) in [6, 6.07) is 4.71. The fourth-order valence-electron chi connectivity index (χ4n) is 2.57. The minimum absolute atomic E-state index is 0.0137. The highest BCUT2D eigenvalue weighted by Crippen LogP contribution is 2.34. The van der Waals surface area contributed by atoms with Crippen molar-refractivity contribution < 1.29 is 9.18 Å². The SMILES string of the molecule is CNC(=O)C1(C)CCN(c2ccc(C(N)=S)cc2F)C1. The highest BCUT2D eigenvalue weighted by molar-refractivity contribution is 7.80. The van der Waals surface area contributed by atoms with E-state index in [1.807, 2.05) is 11.8 Å². The molecule has 1 aromatic carbocycles. The summed E-state index contributed by atoms with van der Waals surface area (Å²) in [6.07, 6.45) is 0.698. The molecule has 1 aliphatic heterocycles. The second-order valence-electron chi connectivity index (χ2n) is 5.34. The van der Waals surface area contributed by atoms with Gasteiger partial charge < -0.3 is 16.0 Å². The predicted molar refractivity (Wildman–Crippen MR) is 81.3 cm³/mol. The van der Waals surface area contributed by atoms with Crippen molar-refractivity contribution in [2.45, 2.75) is 13.3 Å². The Bertz CT molecular complexity index is 563. The zero-order valence-corrected chi connectivity index (χ0v) is 12.4. The highest BCUT2D eigenvalue weighted by atomic mass is 32.1. The van der Waals surface area contributed by atoms with E-state index in [9.17, 15) is 9.18 Å². The molecule has 3 N–H and O–H groups in total. The molecule has 0 radical (unpaired) electrons. The molecule has 0 aromatic heterocycles. The van der Waals surface area contributed by atoms with E-state index in [0.717, 1.165) is 0 Å². The number of anilines is 1. The van der Waals surface area contributed by atoms with Gasteiger partial charge in [0.25, 0.3) is 0 Å². The highest BCUT2D eigenvalue weighted by Gasteiger charge is 2.40. The number of nitrogens with zero attached hydrogens (tertiary/aromatic N) is 1. The fourth-order valence-corrected chi connectivity index (χ4v) is 2.70. The Hall–Kier alpha value is -1.69. The molecular formula is C14H18FN3OS. The van der Waals surface area contributed by atoms with Gasteiger partial charge in [-0.1, -0.05) is 12.2 Å². The number of carbonyl (C=O) groups is 1. The van der Waals surface area contributed by atoms with E-state index in [2.05, 4.69) is 5.32 Å². The first-order valence-corrected chi connectivity index (χ1v) is 6.85. The number of hydrogen-bond donors (Lipinski definition) is 2. The maximum Gasteiger partial charge on any atom is 0.227 e. The lowest BCUT2D eigenvalue weighted by atomic mass is 9.89. The molecular weight excluding hydrogens is 277 g/mol. The number of rotatable bonds is 3. The van der Waals surface area contributed by atoms with Gasteiger partial charge in [-0.3, -0.25) is 4.79 Å². The van der Waals surface area contributed by atoms with Crippen LogP contribution in [0.1, 0.15) is 18.9 Å². The largest absolute Gasteiger partial charge is 0.389 e. The van der Waals surface area contributed by atoms with Gasteiger partial charge in [-0.2, -0.15) is 0 Å². The van der Waals surface area contributed by atoms with Crippen molar-refractivity contribution in [3.63, 3.8) is 0 Å². The summed E-state index contributed by atoms with van der Waals surface area (Å²) in [5.74, 6) is -0.378. The van der Waals surface area contributed by atoms with Crippen LogP contribution in [0, 0.1) is 11.2 Å². The number of halogens is 1. The van der Waals surface area contributed by atoms with Gasteiger partial charge in [-0.25, -0.2) is 4.39 Å². The molecule has 1 aliphatic rings. The average molecular weight is 295 g/mol. The third-order valence-electron chi connectivity index (χ3n) is 3.82. The topological polar surface area (TPSA) is 58.4 Å². The molecule has 2 rings (SSSR count). The number of carbonyl (C=O) groups excluding carboxylic acids is 1. The Labute approximate surface area is 123 Å². The molecule has 0 saturated carbocycles. The van der Waals surface area contributed by atoms with Crippen LogP contribution in [-0.4, -0.2) is 31.0 Å². The van der Waals surface area contributed by atoms with Gasteiger partial charge in [0, 0.05) is 25.7 Å². The number of thiocarbonyl (C=S) groups is 1. The molecule has 1 unspecified atom stereocenters. The van der Waals surface area contributed by atoms with Gasteiger partial charge in [0.05, 0.1) is 11.1 Å². The van der Waals surface area contributed by atoms with Crippen LogP contribution in [0.2, 0.25) is 0 Å². The van der Waals surface area contributed by atoms with E-state index in [1.165, 1.54) is 6.07 Å². The predicted octanol–water partition coefficient (Wildman–Crippen LogP) is 1.42. The molecule has 1 atom stereocenters. The zero-order valence-electron chi connectivity index (χ0n) is 11.6. The van der Waals surface area contributed by atoms with Crippen LogP contribution in [-0.2, 0) is 4.79 Å². The molecule has 4 nitrogen and oxygen atoms in total. The lowest BCUT2D eigenvalue weighted by Gasteiger charge is -2.24. The van der Waals surface area contributed by atoms with E-state index in [-0.39, 0.29) is 16.7 Å². The number of hydrogen-bond acceptors (Lipinski definition) is 3. The van der Waals surface area contributed by atoms with Gasteiger partial charge >= 0.3 is 0 Å². The van der Waals surface area contributed by atoms with Crippen molar-refractivity contribution in [3.8, 4) is 0 Å². The first-order chi connectivity index (χ1) is 9.37. The van der Waals surface area contributed by atoms with Crippen LogP contribution in [0.15, 0.2) is 18.2 Å². The van der Waals surface area contributed by atoms with E-state index in [1.54, 1.807) is 19.2 Å². The fraction of sp³-hybridized carbons (Fsp3) is 0.429. The maximum absolute atomic E-state index is 14.1. The van der Waals surface area contributed by atoms with Gasteiger partial charge in [0.1, 0.15) is 10.8 Å². The average Bonchev–Trinajstić information content (AvgIpc) is 2.81. The summed E-state index contributed by atoms with van der Waals surface area (Å²) in [6.45, 7) is 3.04.